The first kappa shape index (κ1) is 10.6. The molecule has 4 rings (SSSR count). The van der Waals surface area contributed by atoms with Crippen LogP contribution in [-0.4, -0.2) is 16.5 Å². The molecule has 0 saturated heterocycles. The maximum atomic E-state index is 4.37. The molecule has 0 radical (unpaired) electrons. The zero-order chi connectivity index (χ0) is 12.7. The number of hydrogen-bond donors (Lipinski definition) is 1. The number of fused-ring (bicyclic) bond motifs is 3. The van der Waals surface area contributed by atoms with E-state index in [1.807, 2.05) is 23.2 Å². The molecule has 0 aliphatic carbocycles. The Hall–Kier alpha value is -2.33. The lowest BCUT2D eigenvalue weighted by Gasteiger charge is -2.29. The molecular formula is C15H14N4. The minimum atomic E-state index is 0.905. The number of nitrogens with zero attached hydrogens (tertiary/aromatic N) is 3. The smallest absolute Gasteiger partial charge is 0.148 e. The van der Waals surface area contributed by atoms with Crippen molar-refractivity contribution in [2.75, 3.05) is 11.6 Å². The maximum Gasteiger partial charge on any atom is 0.148 e. The van der Waals surface area contributed by atoms with E-state index in [4.69, 9.17) is 0 Å². The van der Waals surface area contributed by atoms with E-state index in [-0.39, 0.29) is 0 Å². The summed E-state index contributed by atoms with van der Waals surface area (Å²) in [7, 11) is 0. The molecule has 1 aromatic carbocycles. The Kier molecular flexibility index (Phi) is 2.28. The zero-order valence-electron chi connectivity index (χ0n) is 10.5. The summed E-state index contributed by atoms with van der Waals surface area (Å²) >= 11 is 0. The highest BCUT2D eigenvalue weighted by Gasteiger charge is 2.27. The van der Waals surface area contributed by atoms with E-state index >= 15 is 0 Å². The second-order valence-corrected chi connectivity index (χ2v) is 4.73. The van der Waals surface area contributed by atoms with Crippen LogP contribution in [0.25, 0.3) is 5.70 Å². The van der Waals surface area contributed by atoms with Crippen molar-refractivity contribution >= 4 is 11.5 Å². The fourth-order valence-corrected chi connectivity index (χ4v) is 2.62. The molecule has 0 unspecified atom stereocenters. The van der Waals surface area contributed by atoms with E-state index in [0.717, 1.165) is 18.8 Å². The van der Waals surface area contributed by atoms with Crippen molar-refractivity contribution in [2.45, 2.75) is 6.42 Å². The van der Waals surface area contributed by atoms with Crippen LogP contribution in [0.3, 0.4) is 0 Å². The Bertz CT molecular complexity index is 636. The van der Waals surface area contributed by atoms with Crippen molar-refractivity contribution in [2.24, 2.45) is 0 Å². The van der Waals surface area contributed by atoms with Crippen LogP contribution in [0.15, 0.2) is 54.9 Å². The van der Waals surface area contributed by atoms with E-state index in [1.54, 1.807) is 6.20 Å². The standard InChI is InChI=1S/C15H14N4/c1-2-6-13-12(5-1)8-10-18-14(13)11-19(17-18)15-7-3-4-9-16-15/h1-7,9,11,17H,8,10H2. The molecule has 0 amide bonds. The number of hydrogen-bond acceptors (Lipinski definition) is 4. The lowest BCUT2D eigenvalue weighted by molar-refractivity contribution is 0.306. The molecule has 2 aromatic rings. The van der Waals surface area contributed by atoms with Crippen molar-refractivity contribution in [3.63, 3.8) is 0 Å². The predicted octanol–water partition coefficient (Wildman–Crippen LogP) is 2.18. The second kappa shape index (κ2) is 4.10. The molecule has 3 heterocycles. The van der Waals surface area contributed by atoms with Crippen molar-refractivity contribution in [1.82, 2.24) is 15.5 Å². The molecule has 4 nitrogen and oxygen atoms in total. The van der Waals surface area contributed by atoms with Gasteiger partial charge in [0.05, 0.1) is 11.9 Å². The highest BCUT2D eigenvalue weighted by Crippen LogP contribution is 2.31. The number of hydrazine groups is 2. The van der Waals surface area contributed by atoms with Crippen LogP contribution in [0, 0.1) is 0 Å². The summed E-state index contributed by atoms with van der Waals surface area (Å²) in [6.45, 7) is 0.978. The maximum absolute atomic E-state index is 4.37. The minimum Gasteiger partial charge on any atom is -0.288 e. The quantitative estimate of drug-likeness (QED) is 0.840. The van der Waals surface area contributed by atoms with Crippen LogP contribution >= 0.6 is 0 Å². The van der Waals surface area contributed by atoms with Crippen molar-refractivity contribution in [3.05, 3.63) is 66.0 Å². The van der Waals surface area contributed by atoms with Crippen LogP contribution in [-0.2, 0) is 6.42 Å². The van der Waals surface area contributed by atoms with Crippen LogP contribution in [0.5, 0.6) is 0 Å². The minimum absolute atomic E-state index is 0.905. The first-order valence-corrected chi connectivity index (χ1v) is 6.46. The summed E-state index contributed by atoms with van der Waals surface area (Å²) in [5, 5.41) is 4.15. The molecule has 19 heavy (non-hydrogen) atoms. The third-order valence-corrected chi connectivity index (χ3v) is 3.56. The molecule has 0 saturated carbocycles. The summed E-state index contributed by atoms with van der Waals surface area (Å²) in [4.78, 5) is 4.37. The summed E-state index contributed by atoms with van der Waals surface area (Å²) in [6.07, 6.45) is 4.98. The van der Waals surface area contributed by atoms with Gasteiger partial charge < -0.3 is 0 Å². The third-order valence-electron chi connectivity index (χ3n) is 3.56. The molecule has 0 spiro atoms. The average molecular weight is 250 g/mol. The molecule has 0 fully saturated rings. The van der Waals surface area contributed by atoms with Gasteiger partial charge in [-0.25, -0.2) is 9.99 Å². The van der Waals surface area contributed by atoms with Gasteiger partial charge in [-0.15, -0.1) is 5.53 Å². The van der Waals surface area contributed by atoms with Gasteiger partial charge >= 0.3 is 0 Å². The largest absolute Gasteiger partial charge is 0.288 e. The SMILES string of the molecule is C1=C2c3ccccc3CCN2NN1c1ccccn1. The Balaban J connectivity index is 1.75. The topological polar surface area (TPSA) is 31.4 Å². The lowest BCUT2D eigenvalue weighted by Crippen LogP contribution is -2.43. The number of rotatable bonds is 1. The van der Waals surface area contributed by atoms with Gasteiger partial charge in [-0.05, 0) is 24.1 Å². The zero-order valence-corrected chi connectivity index (χ0v) is 10.5. The summed E-state index contributed by atoms with van der Waals surface area (Å²) < 4.78 is 0. The summed E-state index contributed by atoms with van der Waals surface area (Å²) in [5.41, 5.74) is 7.29. The highest BCUT2D eigenvalue weighted by atomic mass is 15.8. The van der Waals surface area contributed by atoms with Gasteiger partial charge in [-0.2, -0.15) is 0 Å². The normalized spacial score (nSPS) is 16.9. The van der Waals surface area contributed by atoms with E-state index < -0.39 is 0 Å². The van der Waals surface area contributed by atoms with Crippen LogP contribution in [0.4, 0.5) is 5.82 Å². The molecule has 2 aliphatic rings. The van der Waals surface area contributed by atoms with Gasteiger partial charge in [0.15, 0.2) is 0 Å². The van der Waals surface area contributed by atoms with Crippen LogP contribution in [0.1, 0.15) is 11.1 Å². The van der Waals surface area contributed by atoms with E-state index in [2.05, 4.69) is 46.0 Å². The van der Waals surface area contributed by atoms with E-state index in [0.29, 0.717) is 0 Å². The van der Waals surface area contributed by atoms with E-state index in [1.165, 1.54) is 16.8 Å². The fourth-order valence-electron chi connectivity index (χ4n) is 2.62. The third kappa shape index (κ3) is 1.69. The molecule has 4 heteroatoms. The van der Waals surface area contributed by atoms with Crippen molar-refractivity contribution in [3.8, 4) is 0 Å². The van der Waals surface area contributed by atoms with Gasteiger partial charge in [0, 0.05) is 18.3 Å². The number of benzene rings is 1. The molecule has 1 N–H and O–H groups in total. The molecular weight excluding hydrogens is 236 g/mol. The predicted molar refractivity (Wildman–Crippen MR) is 74.7 cm³/mol. The lowest BCUT2D eigenvalue weighted by atomic mass is 9.98. The fraction of sp³-hybridized carbons (Fsp3) is 0.133. The second-order valence-electron chi connectivity index (χ2n) is 4.73. The van der Waals surface area contributed by atoms with Gasteiger partial charge in [0.2, 0.25) is 0 Å². The Morgan fingerprint density at radius 2 is 1.95 bits per heavy atom. The average Bonchev–Trinajstić information content (AvgIpc) is 2.93. The molecule has 1 aromatic heterocycles. The number of nitrogens with one attached hydrogen (secondary N) is 1. The molecule has 0 bridgehead atoms. The van der Waals surface area contributed by atoms with Gasteiger partial charge in [-0.1, -0.05) is 30.3 Å². The van der Waals surface area contributed by atoms with E-state index in [9.17, 15) is 0 Å². The Labute approximate surface area is 111 Å². The Morgan fingerprint density at radius 1 is 1.05 bits per heavy atom. The van der Waals surface area contributed by atoms with Gasteiger partial charge in [0.25, 0.3) is 0 Å². The highest BCUT2D eigenvalue weighted by molar-refractivity contribution is 5.72. The number of pyridine rings is 1. The monoisotopic (exact) mass is 250 g/mol. The first-order valence-electron chi connectivity index (χ1n) is 6.46. The molecule has 94 valence electrons. The first-order chi connectivity index (χ1) is 9.42. The number of aromatic nitrogens is 1. The summed E-state index contributed by atoms with van der Waals surface area (Å²) in [5.74, 6) is 0.905. The van der Waals surface area contributed by atoms with Crippen LogP contribution < -0.4 is 10.5 Å². The van der Waals surface area contributed by atoms with Crippen molar-refractivity contribution < 1.29 is 0 Å². The van der Waals surface area contributed by atoms with Crippen LogP contribution in [0.2, 0.25) is 0 Å². The van der Waals surface area contributed by atoms with Gasteiger partial charge in [-0.3, -0.25) is 5.01 Å². The van der Waals surface area contributed by atoms with Gasteiger partial charge in [0.1, 0.15) is 5.82 Å². The Morgan fingerprint density at radius 3 is 2.84 bits per heavy atom. The number of anilines is 1. The summed E-state index contributed by atoms with van der Waals surface area (Å²) in [6, 6.07) is 14.5. The molecule has 2 aliphatic heterocycles. The van der Waals surface area contributed by atoms with Crippen molar-refractivity contribution in [1.29, 1.82) is 0 Å². The molecule has 0 atom stereocenters.